The summed E-state index contributed by atoms with van der Waals surface area (Å²) in [6, 6.07) is 0. The lowest BCUT2D eigenvalue weighted by Gasteiger charge is -2.25. The molecule has 0 heterocycles. The van der Waals surface area contributed by atoms with Crippen LogP contribution >= 0.6 is 11.8 Å². The van der Waals surface area contributed by atoms with Crippen molar-refractivity contribution < 1.29 is 9.90 Å². The van der Waals surface area contributed by atoms with Gasteiger partial charge in [0, 0.05) is 5.75 Å². The first-order valence-corrected chi connectivity index (χ1v) is 6.78. The standard InChI is InChI=1S/C11H23NO2S/c1-4-6-8-15-9-11(3,10(13)14)12-7-5-2/h12H,4-9H2,1-3H3,(H,13,14). The summed E-state index contributed by atoms with van der Waals surface area (Å²) >= 11 is 1.72. The van der Waals surface area contributed by atoms with Crippen LogP contribution in [0.4, 0.5) is 0 Å². The number of thioether (sulfide) groups is 1. The fourth-order valence-electron chi connectivity index (χ4n) is 1.11. The molecule has 1 unspecified atom stereocenters. The molecule has 90 valence electrons. The Hall–Kier alpha value is -0.220. The van der Waals surface area contributed by atoms with Crippen molar-refractivity contribution in [2.45, 2.75) is 45.6 Å². The monoisotopic (exact) mass is 233 g/mol. The van der Waals surface area contributed by atoms with E-state index in [-0.39, 0.29) is 0 Å². The van der Waals surface area contributed by atoms with E-state index in [0.717, 1.165) is 25.1 Å². The molecule has 0 aliphatic carbocycles. The van der Waals surface area contributed by atoms with Crippen LogP contribution < -0.4 is 5.32 Å². The summed E-state index contributed by atoms with van der Waals surface area (Å²) in [5, 5.41) is 12.2. The molecule has 2 N–H and O–H groups in total. The van der Waals surface area contributed by atoms with Gasteiger partial charge in [-0.2, -0.15) is 11.8 Å². The fraction of sp³-hybridized carbons (Fsp3) is 0.909. The van der Waals surface area contributed by atoms with Gasteiger partial charge in [0.25, 0.3) is 0 Å². The molecule has 3 nitrogen and oxygen atoms in total. The van der Waals surface area contributed by atoms with E-state index >= 15 is 0 Å². The van der Waals surface area contributed by atoms with Crippen molar-refractivity contribution in [3.05, 3.63) is 0 Å². The summed E-state index contributed by atoms with van der Waals surface area (Å²) in [5.41, 5.74) is -0.769. The van der Waals surface area contributed by atoms with Gasteiger partial charge in [-0.1, -0.05) is 20.3 Å². The predicted octanol–water partition coefficient (Wildman–Crippen LogP) is 2.36. The maximum atomic E-state index is 11.1. The molecule has 0 saturated heterocycles. The minimum atomic E-state index is -0.769. The summed E-state index contributed by atoms with van der Waals surface area (Å²) in [5.74, 6) is 0.940. The second-order valence-electron chi connectivity index (χ2n) is 3.97. The van der Waals surface area contributed by atoms with Gasteiger partial charge in [-0.15, -0.1) is 0 Å². The zero-order chi connectivity index (χ0) is 11.7. The van der Waals surface area contributed by atoms with Crippen LogP contribution in [-0.2, 0) is 4.79 Å². The van der Waals surface area contributed by atoms with Gasteiger partial charge < -0.3 is 10.4 Å². The normalized spacial score (nSPS) is 14.9. The Bertz CT molecular complexity index is 187. The van der Waals surface area contributed by atoms with Crippen LogP contribution in [0.25, 0.3) is 0 Å². The third kappa shape index (κ3) is 6.05. The molecule has 0 aliphatic rings. The average molecular weight is 233 g/mol. The van der Waals surface area contributed by atoms with E-state index in [9.17, 15) is 4.79 Å². The average Bonchev–Trinajstić information content (AvgIpc) is 2.21. The second-order valence-corrected chi connectivity index (χ2v) is 5.08. The molecule has 4 heteroatoms. The third-order valence-corrected chi connectivity index (χ3v) is 3.63. The highest BCUT2D eigenvalue weighted by Gasteiger charge is 2.31. The molecule has 0 fully saturated rings. The first-order valence-electron chi connectivity index (χ1n) is 5.63. The first-order chi connectivity index (χ1) is 7.06. The molecule has 0 amide bonds. The number of aliphatic carboxylic acids is 1. The number of rotatable bonds is 9. The Morgan fingerprint density at radius 2 is 2.07 bits per heavy atom. The zero-order valence-corrected chi connectivity index (χ0v) is 10.8. The van der Waals surface area contributed by atoms with Crippen molar-refractivity contribution >= 4 is 17.7 Å². The van der Waals surface area contributed by atoms with Crippen LogP contribution in [0.1, 0.15) is 40.0 Å². The third-order valence-electron chi connectivity index (χ3n) is 2.27. The highest BCUT2D eigenvalue weighted by atomic mass is 32.2. The Labute approximate surface area is 97.0 Å². The summed E-state index contributed by atoms with van der Waals surface area (Å²) in [7, 11) is 0. The van der Waals surface area contributed by atoms with Crippen LogP contribution in [0.3, 0.4) is 0 Å². The van der Waals surface area contributed by atoms with E-state index in [2.05, 4.69) is 12.2 Å². The van der Waals surface area contributed by atoms with E-state index in [1.807, 2.05) is 6.92 Å². The summed E-state index contributed by atoms with van der Waals surface area (Å²) in [6.45, 7) is 6.72. The van der Waals surface area contributed by atoms with Gasteiger partial charge in [0.15, 0.2) is 0 Å². The zero-order valence-electron chi connectivity index (χ0n) is 10.0. The SMILES string of the molecule is CCCCSCC(C)(NCCC)C(=O)O. The first kappa shape index (κ1) is 14.8. The predicted molar refractivity (Wildman–Crippen MR) is 66.6 cm³/mol. The largest absolute Gasteiger partial charge is 0.480 e. The van der Waals surface area contributed by atoms with Gasteiger partial charge in [0.2, 0.25) is 0 Å². The number of carboxylic acid groups (broad SMARTS) is 1. The van der Waals surface area contributed by atoms with Gasteiger partial charge in [-0.3, -0.25) is 4.79 Å². The van der Waals surface area contributed by atoms with Crippen molar-refractivity contribution in [2.75, 3.05) is 18.1 Å². The van der Waals surface area contributed by atoms with Crippen molar-refractivity contribution in [1.82, 2.24) is 5.32 Å². The number of unbranched alkanes of at least 4 members (excludes halogenated alkanes) is 1. The highest BCUT2D eigenvalue weighted by molar-refractivity contribution is 7.99. The molecule has 0 aromatic rings. The number of hydrogen-bond acceptors (Lipinski definition) is 3. The maximum Gasteiger partial charge on any atom is 0.324 e. The van der Waals surface area contributed by atoms with Crippen molar-refractivity contribution in [2.24, 2.45) is 0 Å². The quantitative estimate of drug-likeness (QED) is 0.600. The Morgan fingerprint density at radius 3 is 2.53 bits per heavy atom. The molecule has 0 spiro atoms. The minimum absolute atomic E-state index is 0.641. The van der Waals surface area contributed by atoms with E-state index in [0.29, 0.717) is 5.75 Å². The van der Waals surface area contributed by atoms with E-state index in [1.54, 1.807) is 18.7 Å². The van der Waals surface area contributed by atoms with Crippen molar-refractivity contribution in [3.8, 4) is 0 Å². The van der Waals surface area contributed by atoms with Crippen LogP contribution in [0.5, 0.6) is 0 Å². The highest BCUT2D eigenvalue weighted by Crippen LogP contribution is 2.15. The lowest BCUT2D eigenvalue weighted by atomic mass is 10.1. The maximum absolute atomic E-state index is 11.1. The molecular formula is C11H23NO2S. The van der Waals surface area contributed by atoms with Gasteiger partial charge >= 0.3 is 5.97 Å². The van der Waals surface area contributed by atoms with E-state index < -0.39 is 11.5 Å². The van der Waals surface area contributed by atoms with Gasteiger partial charge in [-0.25, -0.2) is 0 Å². The molecule has 0 bridgehead atoms. The number of carbonyl (C=O) groups is 1. The summed E-state index contributed by atoms with van der Waals surface area (Å²) < 4.78 is 0. The lowest BCUT2D eigenvalue weighted by Crippen LogP contribution is -2.52. The molecule has 0 aromatic carbocycles. The topological polar surface area (TPSA) is 49.3 Å². The molecule has 0 rings (SSSR count). The number of nitrogens with one attached hydrogen (secondary N) is 1. The molecule has 15 heavy (non-hydrogen) atoms. The van der Waals surface area contributed by atoms with Crippen LogP contribution in [0.15, 0.2) is 0 Å². The smallest absolute Gasteiger partial charge is 0.324 e. The van der Waals surface area contributed by atoms with Gasteiger partial charge in [0.1, 0.15) is 5.54 Å². The summed E-state index contributed by atoms with van der Waals surface area (Å²) in [6.07, 6.45) is 3.29. The van der Waals surface area contributed by atoms with Crippen LogP contribution in [-0.4, -0.2) is 34.7 Å². The number of hydrogen-bond donors (Lipinski definition) is 2. The molecule has 0 aliphatic heterocycles. The molecule has 0 radical (unpaired) electrons. The Kier molecular flexibility index (Phi) is 7.88. The van der Waals surface area contributed by atoms with Crippen LogP contribution in [0.2, 0.25) is 0 Å². The Balaban J connectivity index is 3.96. The van der Waals surface area contributed by atoms with E-state index in [1.165, 1.54) is 6.42 Å². The van der Waals surface area contributed by atoms with E-state index in [4.69, 9.17) is 5.11 Å². The van der Waals surface area contributed by atoms with Gasteiger partial charge in [0.05, 0.1) is 0 Å². The summed E-state index contributed by atoms with van der Waals surface area (Å²) in [4.78, 5) is 11.1. The molecule has 0 saturated carbocycles. The fourth-order valence-corrected chi connectivity index (χ4v) is 2.38. The second kappa shape index (κ2) is 7.99. The Morgan fingerprint density at radius 1 is 1.40 bits per heavy atom. The lowest BCUT2D eigenvalue weighted by molar-refractivity contribution is -0.143. The van der Waals surface area contributed by atoms with Crippen LogP contribution in [0, 0.1) is 0 Å². The van der Waals surface area contributed by atoms with Crippen molar-refractivity contribution in [1.29, 1.82) is 0 Å². The van der Waals surface area contributed by atoms with Gasteiger partial charge in [-0.05, 0) is 32.1 Å². The molecule has 0 aromatic heterocycles. The van der Waals surface area contributed by atoms with Crippen molar-refractivity contribution in [3.63, 3.8) is 0 Å². The molecule has 1 atom stereocenters. The molecular weight excluding hydrogens is 210 g/mol. The minimum Gasteiger partial charge on any atom is -0.480 e. The number of carboxylic acids is 1.